The molecule has 20 heavy (non-hydrogen) atoms. The third kappa shape index (κ3) is 1.53. The average Bonchev–Trinajstić information content (AvgIpc) is 2.79. The minimum atomic E-state index is 0.0696. The standard InChI is InChI=1S/C19H15Br/c1-19(2)9-5-8-15-13-6-3-4-7-14(13)16-10-12(20)11-17(16)18(15)19/h3-11H,1-2H3. The van der Waals surface area contributed by atoms with E-state index >= 15 is 0 Å². The molecule has 0 bridgehead atoms. The summed E-state index contributed by atoms with van der Waals surface area (Å²) in [5.41, 5.74) is 2.88. The zero-order valence-corrected chi connectivity index (χ0v) is 13.2. The highest BCUT2D eigenvalue weighted by atomic mass is 79.9. The molecule has 2 aliphatic carbocycles. The molecule has 0 spiro atoms. The van der Waals surface area contributed by atoms with Crippen molar-refractivity contribution in [2.45, 2.75) is 19.3 Å². The zero-order valence-electron chi connectivity index (χ0n) is 11.6. The van der Waals surface area contributed by atoms with E-state index in [0.717, 1.165) is 4.48 Å². The average molecular weight is 323 g/mol. The van der Waals surface area contributed by atoms with Gasteiger partial charge in [-0.3, -0.25) is 0 Å². The molecule has 0 saturated heterocycles. The van der Waals surface area contributed by atoms with E-state index in [1.165, 1.54) is 32.3 Å². The Bertz CT molecular complexity index is 924. The van der Waals surface area contributed by atoms with Crippen LogP contribution in [0.3, 0.4) is 0 Å². The molecule has 0 aliphatic heterocycles. The summed E-state index contributed by atoms with van der Waals surface area (Å²) in [5.74, 6) is 0. The molecule has 2 aromatic rings. The number of rotatable bonds is 0. The van der Waals surface area contributed by atoms with Crippen LogP contribution in [0.4, 0.5) is 0 Å². The van der Waals surface area contributed by atoms with Crippen LogP contribution in [-0.4, -0.2) is 0 Å². The van der Waals surface area contributed by atoms with Gasteiger partial charge in [0.05, 0.1) is 0 Å². The van der Waals surface area contributed by atoms with Gasteiger partial charge in [0.2, 0.25) is 0 Å². The van der Waals surface area contributed by atoms with Crippen molar-refractivity contribution in [1.82, 2.24) is 0 Å². The molecule has 98 valence electrons. The lowest BCUT2D eigenvalue weighted by molar-refractivity contribution is 0.661. The third-order valence-corrected chi connectivity index (χ3v) is 4.78. The summed E-state index contributed by atoms with van der Waals surface area (Å²) in [5, 5.41) is 5.42. The van der Waals surface area contributed by atoms with Crippen LogP contribution in [0, 0.1) is 0 Å². The van der Waals surface area contributed by atoms with Gasteiger partial charge in [-0.1, -0.05) is 72.3 Å². The van der Waals surface area contributed by atoms with Crippen LogP contribution in [0.15, 0.2) is 40.9 Å². The van der Waals surface area contributed by atoms with Gasteiger partial charge in [-0.25, -0.2) is 0 Å². The topological polar surface area (TPSA) is 0 Å². The van der Waals surface area contributed by atoms with Crippen molar-refractivity contribution in [2.24, 2.45) is 0 Å². The first kappa shape index (κ1) is 12.2. The lowest BCUT2D eigenvalue weighted by atomic mass is 9.76. The summed E-state index contributed by atoms with van der Waals surface area (Å²) >= 11 is 3.65. The molecule has 4 rings (SSSR count). The summed E-state index contributed by atoms with van der Waals surface area (Å²) in [6.45, 7) is 4.59. The quantitative estimate of drug-likeness (QED) is 0.687. The summed E-state index contributed by atoms with van der Waals surface area (Å²) in [6.07, 6.45) is 11.2. The lowest BCUT2D eigenvalue weighted by Crippen LogP contribution is -2.32. The monoisotopic (exact) mass is 322 g/mol. The summed E-state index contributed by atoms with van der Waals surface area (Å²) in [6, 6.07) is 8.72. The van der Waals surface area contributed by atoms with E-state index in [2.05, 4.69) is 84.4 Å². The zero-order chi connectivity index (χ0) is 13.9. The molecule has 0 atom stereocenters. The van der Waals surface area contributed by atoms with Crippen molar-refractivity contribution in [2.75, 3.05) is 0 Å². The number of allylic oxidation sites excluding steroid dienone is 3. The second-order valence-electron chi connectivity index (χ2n) is 6.08. The molecule has 0 heterocycles. The number of hydrogen-bond acceptors (Lipinski definition) is 0. The minimum absolute atomic E-state index is 0.0696. The van der Waals surface area contributed by atoms with E-state index in [1.807, 2.05) is 0 Å². The maximum absolute atomic E-state index is 3.65. The Morgan fingerprint density at radius 1 is 0.950 bits per heavy atom. The van der Waals surface area contributed by atoms with Gasteiger partial charge in [-0.15, -0.1) is 0 Å². The van der Waals surface area contributed by atoms with Gasteiger partial charge in [0.1, 0.15) is 0 Å². The fraction of sp³-hybridized carbons (Fsp3) is 0.158. The van der Waals surface area contributed by atoms with Crippen molar-refractivity contribution in [3.8, 4) is 0 Å². The van der Waals surface area contributed by atoms with Crippen molar-refractivity contribution < 1.29 is 0 Å². The normalized spacial score (nSPS) is 18.1. The number of halogens is 1. The molecule has 0 unspecified atom stereocenters. The fourth-order valence-corrected chi connectivity index (χ4v) is 3.93. The second kappa shape index (κ2) is 3.95. The molecule has 0 saturated carbocycles. The van der Waals surface area contributed by atoms with Gasteiger partial charge >= 0.3 is 0 Å². The van der Waals surface area contributed by atoms with Crippen LogP contribution in [-0.2, 0) is 5.41 Å². The van der Waals surface area contributed by atoms with Gasteiger partial charge in [-0.2, -0.15) is 0 Å². The number of fused-ring (bicyclic) bond motifs is 6. The van der Waals surface area contributed by atoms with Crippen molar-refractivity contribution in [3.05, 3.63) is 62.5 Å². The maximum Gasteiger partial charge on any atom is 0.0187 e. The molecule has 0 amide bonds. The fourth-order valence-electron chi connectivity index (χ4n) is 3.47. The highest BCUT2D eigenvalue weighted by molar-refractivity contribution is 9.12. The van der Waals surface area contributed by atoms with E-state index in [4.69, 9.17) is 0 Å². The molecule has 1 heteroatoms. The molecule has 0 radical (unpaired) electrons. The van der Waals surface area contributed by atoms with Gasteiger partial charge in [0, 0.05) is 9.90 Å². The SMILES string of the molecule is CC1(C)C=CC=c2c1c1c(c3ccccc23)=CC(Br)=C1. The Kier molecular flexibility index (Phi) is 2.41. The predicted molar refractivity (Wildman–Crippen MR) is 91.2 cm³/mol. The molecule has 0 aromatic heterocycles. The van der Waals surface area contributed by atoms with Crippen LogP contribution < -0.4 is 10.4 Å². The molecule has 0 fully saturated rings. The summed E-state index contributed by atoms with van der Waals surface area (Å²) in [4.78, 5) is 0. The van der Waals surface area contributed by atoms with Crippen molar-refractivity contribution >= 4 is 44.9 Å². The van der Waals surface area contributed by atoms with Crippen LogP contribution in [0.25, 0.3) is 29.0 Å². The van der Waals surface area contributed by atoms with Gasteiger partial charge in [0.15, 0.2) is 0 Å². The van der Waals surface area contributed by atoms with E-state index in [1.54, 1.807) is 0 Å². The Morgan fingerprint density at radius 3 is 2.40 bits per heavy atom. The van der Waals surface area contributed by atoms with Crippen molar-refractivity contribution in [3.63, 3.8) is 0 Å². The Labute approximate surface area is 126 Å². The first-order valence-corrected chi connectivity index (χ1v) is 7.71. The predicted octanol–water partition coefficient (Wildman–Crippen LogP) is 4.00. The Hall–Kier alpha value is -1.60. The molecule has 2 aromatic carbocycles. The molecular formula is C19H15Br. The van der Waals surface area contributed by atoms with Crippen LogP contribution in [0.2, 0.25) is 0 Å². The molecule has 2 aliphatic rings. The van der Waals surface area contributed by atoms with Crippen LogP contribution in [0.5, 0.6) is 0 Å². The van der Waals surface area contributed by atoms with Gasteiger partial charge in [0.25, 0.3) is 0 Å². The second-order valence-corrected chi connectivity index (χ2v) is 7.00. The van der Waals surface area contributed by atoms with E-state index < -0.39 is 0 Å². The Balaban J connectivity index is 2.35. The molecule has 0 N–H and O–H groups in total. The van der Waals surface area contributed by atoms with E-state index in [9.17, 15) is 0 Å². The first-order valence-electron chi connectivity index (χ1n) is 6.92. The van der Waals surface area contributed by atoms with E-state index in [-0.39, 0.29) is 5.41 Å². The molecule has 0 nitrogen and oxygen atoms in total. The van der Waals surface area contributed by atoms with Gasteiger partial charge in [-0.05, 0) is 44.5 Å². The van der Waals surface area contributed by atoms with Crippen molar-refractivity contribution in [1.29, 1.82) is 0 Å². The third-order valence-electron chi connectivity index (χ3n) is 4.32. The molecular weight excluding hydrogens is 308 g/mol. The first-order chi connectivity index (χ1) is 9.58. The minimum Gasteiger partial charge on any atom is -0.0744 e. The van der Waals surface area contributed by atoms with Gasteiger partial charge < -0.3 is 0 Å². The summed E-state index contributed by atoms with van der Waals surface area (Å²) in [7, 11) is 0. The lowest BCUT2D eigenvalue weighted by Gasteiger charge is -2.27. The van der Waals surface area contributed by atoms with Crippen LogP contribution in [0.1, 0.15) is 25.0 Å². The van der Waals surface area contributed by atoms with E-state index in [0.29, 0.717) is 0 Å². The number of benzene rings is 2. The summed E-state index contributed by atoms with van der Waals surface area (Å²) < 4.78 is 1.16. The van der Waals surface area contributed by atoms with Crippen LogP contribution >= 0.6 is 15.9 Å². The Morgan fingerprint density at radius 2 is 1.65 bits per heavy atom. The highest BCUT2D eigenvalue weighted by Crippen LogP contribution is 2.32. The highest BCUT2D eigenvalue weighted by Gasteiger charge is 2.26. The number of hydrogen-bond donors (Lipinski definition) is 0. The smallest absolute Gasteiger partial charge is 0.0187 e. The largest absolute Gasteiger partial charge is 0.0744 e. The maximum atomic E-state index is 3.65.